The Hall–Kier alpha value is -1.73. The molecule has 0 unspecified atom stereocenters. The monoisotopic (exact) mass is 356 g/mol. The third kappa shape index (κ3) is 4.71. The smallest absolute Gasteiger partial charge is 0.0991 e. The van der Waals surface area contributed by atoms with Crippen LogP contribution in [-0.2, 0) is 16.0 Å². The first-order chi connectivity index (χ1) is 12.9. The Kier molecular flexibility index (Phi) is 5.96. The van der Waals surface area contributed by atoms with Crippen LogP contribution in [0.5, 0.6) is 0 Å². The number of aromatic nitrogens is 2. The predicted molar refractivity (Wildman–Crippen MR) is 100 cm³/mol. The summed E-state index contributed by atoms with van der Waals surface area (Å²) in [6.07, 6.45) is 7.00. The van der Waals surface area contributed by atoms with Gasteiger partial charge in [-0.05, 0) is 24.1 Å². The molecule has 1 aromatic carbocycles. The standard InChI is InChI=1S/C20H28N4O2/c1-7-23(16-20(26-11-1)15-22-9-12-25-13-10-22)14-18-2-4-19(5-3-18)24-8-6-21-17-24/h2-6,8,17,20H,1,7,9-16H2/t20-/m0/s1. The molecule has 0 saturated carbocycles. The summed E-state index contributed by atoms with van der Waals surface area (Å²) in [6.45, 7) is 8.70. The molecule has 3 heterocycles. The molecule has 2 saturated heterocycles. The van der Waals surface area contributed by atoms with Gasteiger partial charge in [0.05, 0.1) is 25.6 Å². The van der Waals surface area contributed by atoms with Crippen LogP contribution >= 0.6 is 0 Å². The number of rotatable bonds is 5. The van der Waals surface area contributed by atoms with Crippen molar-refractivity contribution < 1.29 is 9.47 Å². The quantitative estimate of drug-likeness (QED) is 0.817. The molecule has 6 heteroatoms. The van der Waals surface area contributed by atoms with Gasteiger partial charge in [-0.25, -0.2) is 4.98 Å². The number of nitrogens with zero attached hydrogens (tertiary/aromatic N) is 4. The molecule has 2 fully saturated rings. The zero-order chi connectivity index (χ0) is 17.6. The van der Waals surface area contributed by atoms with Crippen LogP contribution in [-0.4, -0.2) is 78.0 Å². The van der Waals surface area contributed by atoms with Gasteiger partial charge in [0.15, 0.2) is 0 Å². The summed E-state index contributed by atoms with van der Waals surface area (Å²) in [5, 5.41) is 0. The van der Waals surface area contributed by atoms with Crippen LogP contribution in [0.2, 0.25) is 0 Å². The summed E-state index contributed by atoms with van der Waals surface area (Å²) in [5.41, 5.74) is 2.50. The lowest BCUT2D eigenvalue weighted by atomic mass is 10.1. The van der Waals surface area contributed by atoms with E-state index in [4.69, 9.17) is 9.47 Å². The van der Waals surface area contributed by atoms with Crippen molar-refractivity contribution in [3.05, 3.63) is 48.5 Å². The van der Waals surface area contributed by atoms with Crippen molar-refractivity contribution in [2.24, 2.45) is 0 Å². The third-order valence-corrected chi connectivity index (χ3v) is 5.14. The van der Waals surface area contributed by atoms with Crippen molar-refractivity contribution in [1.29, 1.82) is 0 Å². The first-order valence-electron chi connectivity index (χ1n) is 9.58. The molecular formula is C20H28N4O2. The fraction of sp³-hybridized carbons (Fsp3) is 0.550. The normalized spacial score (nSPS) is 23.0. The van der Waals surface area contributed by atoms with Crippen LogP contribution in [0, 0.1) is 0 Å². The Morgan fingerprint density at radius 3 is 2.62 bits per heavy atom. The van der Waals surface area contributed by atoms with Gasteiger partial charge in [0.25, 0.3) is 0 Å². The van der Waals surface area contributed by atoms with Crippen molar-refractivity contribution in [3.63, 3.8) is 0 Å². The van der Waals surface area contributed by atoms with E-state index >= 15 is 0 Å². The van der Waals surface area contributed by atoms with Crippen LogP contribution in [0.3, 0.4) is 0 Å². The molecule has 2 aliphatic rings. The lowest BCUT2D eigenvalue weighted by Crippen LogP contribution is -2.44. The summed E-state index contributed by atoms with van der Waals surface area (Å²) in [7, 11) is 0. The van der Waals surface area contributed by atoms with Crippen molar-refractivity contribution in [1.82, 2.24) is 19.4 Å². The molecule has 0 bridgehead atoms. The van der Waals surface area contributed by atoms with Crippen molar-refractivity contribution >= 4 is 0 Å². The van der Waals surface area contributed by atoms with Crippen LogP contribution in [0.4, 0.5) is 0 Å². The molecule has 0 amide bonds. The van der Waals surface area contributed by atoms with E-state index in [1.165, 1.54) is 5.56 Å². The Morgan fingerprint density at radius 2 is 1.85 bits per heavy atom. The second kappa shape index (κ2) is 8.77. The Balaban J connectivity index is 1.34. The van der Waals surface area contributed by atoms with E-state index in [1.807, 2.05) is 17.1 Å². The van der Waals surface area contributed by atoms with Crippen LogP contribution in [0.1, 0.15) is 12.0 Å². The van der Waals surface area contributed by atoms with Crippen molar-refractivity contribution in [3.8, 4) is 5.69 Å². The molecule has 1 atom stereocenters. The number of ether oxygens (including phenoxy) is 2. The Morgan fingerprint density at radius 1 is 1.00 bits per heavy atom. The van der Waals surface area contributed by atoms with E-state index in [1.54, 1.807) is 6.20 Å². The topological polar surface area (TPSA) is 42.8 Å². The highest BCUT2D eigenvalue weighted by Crippen LogP contribution is 2.15. The van der Waals surface area contributed by atoms with Gasteiger partial charge in [-0.15, -0.1) is 0 Å². The minimum absolute atomic E-state index is 0.292. The average molecular weight is 356 g/mol. The molecule has 0 N–H and O–H groups in total. The fourth-order valence-electron chi connectivity index (χ4n) is 3.74. The predicted octanol–water partition coefficient (Wildman–Crippen LogP) is 1.80. The largest absolute Gasteiger partial charge is 0.379 e. The minimum atomic E-state index is 0.292. The third-order valence-electron chi connectivity index (χ3n) is 5.14. The number of morpholine rings is 1. The van der Waals surface area contributed by atoms with Gasteiger partial charge in [-0.3, -0.25) is 9.80 Å². The highest BCUT2D eigenvalue weighted by molar-refractivity contribution is 5.34. The van der Waals surface area contributed by atoms with E-state index in [0.717, 1.165) is 71.2 Å². The zero-order valence-electron chi connectivity index (χ0n) is 15.3. The summed E-state index contributed by atoms with van der Waals surface area (Å²) in [5.74, 6) is 0. The van der Waals surface area contributed by atoms with E-state index in [2.05, 4.69) is 39.0 Å². The second-order valence-corrected chi connectivity index (χ2v) is 7.13. The van der Waals surface area contributed by atoms with Crippen LogP contribution in [0.15, 0.2) is 43.0 Å². The highest BCUT2D eigenvalue weighted by atomic mass is 16.5. The lowest BCUT2D eigenvalue weighted by Gasteiger charge is -2.31. The number of benzene rings is 1. The first kappa shape index (κ1) is 17.7. The molecule has 2 aromatic rings. The van der Waals surface area contributed by atoms with Crippen LogP contribution < -0.4 is 0 Å². The fourth-order valence-corrected chi connectivity index (χ4v) is 3.74. The van der Waals surface area contributed by atoms with E-state index in [9.17, 15) is 0 Å². The van der Waals surface area contributed by atoms with Gasteiger partial charge in [-0.1, -0.05) is 12.1 Å². The number of hydrogen-bond donors (Lipinski definition) is 0. The highest BCUT2D eigenvalue weighted by Gasteiger charge is 2.22. The SMILES string of the molecule is c1cn(-c2ccc(CN3CCCO[C@@H](CN4CCOCC4)C3)cc2)cn1. The van der Waals surface area contributed by atoms with E-state index < -0.39 is 0 Å². The van der Waals surface area contributed by atoms with Gasteiger partial charge < -0.3 is 14.0 Å². The van der Waals surface area contributed by atoms with Gasteiger partial charge in [-0.2, -0.15) is 0 Å². The lowest BCUT2D eigenvalue weighted by molar-refractivity contribution is -0.0122. The maximum absolute atomic E-state index is 6.11. The maximum atomic E-state index is 6.11. The molecule has 140 valence electrons. The molecule has 2 aliphatic heterocycles. The van der Waals surface area contributed by atoms with Crippen LogP contribution in [0.25, 0.3) is 5.69 Å². The molecule has 0 spiro atoms. The second-order valence-electron chi connectivity index (χ2n) is 7.13. The Bertz CT molecular complexity index is 653. The minimum Gasteiger partial charge on any atom is -0.379 e. The summed E-state index contributed by atoms with van der Waals surface area (Å²) in [6, 6.07) is 8.77. The van der Waals surface area contributed by atoms with E-state index in [0.29, 0.717) is 6.10 Å². The molecular weight excluding hydrogens is 328 g/mol. The Labute approximate surface area is 155 Å². The average Bonchev–Trinajstić information content (AvgIpc) is 3.12. The first-order valence-corrected chi connectivity index (χ1v) is 9.58. The molecule has 6 nitrogen and oxygen atoms in total. The zero-order valence-corrected chi connectivity index (χ0v) is 15.3. The molecule has 26 heavy (non-hydrogen) atoms. The number of imidazole rings is 1. The summed E-state index contributed by atoms with van der Waals surface area (Å²) >= 11 is 0. The summed E-state index contributed by atoms with van der Waals surface area (Å²) in [4.78, 5) is 9.11. The van der Waals surface area contributed by atoms with Gasteiger partial charge in [0, 0.05) is 64.0 Å². The summed E-state index contributed by atoms with van der Waals surface area (Å²) < 4.78 is 13.6. The van der Waals surface area contributed by atoms with Gasteiger partial charge in [0.2, 0.25) is 0 Å². The van der Waals surface area contributed by atoms with Crippen molar-refractivity contribution in [2.75, 3.05) is 52.5 Å². The van der Waals surface area contributed by atoms with E-state index in [-0.39, 0.29) is 0 Å². The van der Waals surface area contributed by atoms with Gasteiger partial charge >= 0.3 is 0 Å². The molecule has 0 aliphatic carbocycles. The maximum Gasteiger partial charge on any atom is 0.0991 e. The molecule has 1 aromatic heterocycles. The number of hydrogen-bond acceptors (Lipinski definition) is 5. The van der Waals surface area contributed by atoms with Gasteiger partial charge in [0.1, 0.15) is 0 Å². The van der Waals surface area contributed by atoms with Crippen molar-refractivity contribution in [2.45, 2.75) is 19.1 Å². The molecule has 0 radical (unpaired) electrons. The molecule has 4 rings (SSSR count).